The lowest BCUT2D eigenvalue weighted by Gasteiger charge is -2.42. The summed E-state index contributed by atoms with van der Waals surface area (Å²) in [6.45, 7) is -0.338. The molecular weight excluding hydrogens is 562 g/mol. The highest BCUT2D eigenvalue weighted by Gasteiger charge is 2.47. The van der Waals surface area contributed by atoms with E-state index in [2.05, 4.69) is 10.3 Å². The van der Waals surface area contributed by atoms with Crippen molar-refractivity contribution in [2.24, 2.45) is 22.2 Å². The molecule has 0 amide bonds. The fraction of sp³-hybridized carbons (Fsp3) is 0.345. The number of rotatable bonds is 9. The van der Waals surface area contributed by atoms with Gasteiger partial charge in [-0.3, -0.25) is 9.59 Å². The van der Waals surface area contributed by atoms with E-state index in [1.54, 1.807) is 18.2 Å². The number of hydrogen-bond acceptors (Lipinski definition) is 12. The molecule has 2 aromatic rings. The van der Waals surface area contributed by atoms with E-state index in [9.17, 15) is 30.0 Å². The van der Waals surface area contributed by atoms with Crippen LogP contribution in [-0.4, -0.2) is 88.4 Å². The van der Waals surface area contributed by atoms with Crippen molar-refractivity contribution in [2.75, 3.05) is 19.8 Å². The molecule has 0 radical (unpaired) electrons. The van der Waals surface area contributed by atoms with E-state index in [4.69, 9.17) is 31.4 Å². The first kappa shape index (κ1) is 30.0. The van der Waals surface area contributed by atoms with Crippen LogP contribution in [0, 0.1) is 0 Å². The van der Waals surface area contributed by atoms with E-state index < -0.39 is 54.6 Å². The summed E-state index contributed by atoms with van der Waals surface area (Å²) in [5, 5.41) is 45.7. The number of carbonyl (C=O) groups excluding carboxylic acids is 2. The summed E-state index contributed by atoms with van der Waals surface area (Å²) in [5.74, 6) is -1.87. The van der Waals surface area contributed by atoms with Gasteiger partial charge < -0.3 is 57.2 Å². The minimum atomic E-state index is -1.57. The number of fused-ring (bicyclic) bond motifs is 2. The molecule has 1 aliphatic carbocycles. The number of aromatic hydroxyl groups is 1. The second kappa shape index (κ2) is 12.4. The number of nitrogens with two attached hydrogens (primary N) is 3. The summed E-state index contributed by atoms with van der Waals surface area (Å²) in [7, 11) is 0. The molecule has 0 bridgehead atoms. The van der Waals surface area contributed by atoms with Crippen LogP contribution in [0.15, 0.2) is 58.9 Å². The first-order valence-electron chi connectivity index (χ1n) is 13.5. The van der Waals surface area contributed by atoms with Crippen molar-refractivity contribution in [1.82, 2.24) is 5.32 Å². The molecule has 0 saturated carbocycles. The highest BCUT2D eigenvalue weighted by molar-refractivity contribution is 6.29. The van der Waals surface area contributed by atoms with Crippen LogP contribution in [0.3, 0.4) is 0 Å². The summed E-state index contributed by atoms with van der Waals surface area (Å²) in [5.41, 5.74) is 17.8. The molecule has 2 heterocycles. The molecule has 5 atom stereocenters. The first-order chi connectivity index (χ1) is 20.6. The third kappa shape index (κ3) is 5.91. The zero-order valence-electron chi connectivity index (χ0n) is 23.0. The van der Waals surface area contributed by atoms with Crippen molar-refractivity contribution in [3.63, 3.8) is 0 Å². The number of nitrogens with one attached hydrogen (secondary N) is 1. The Morgan fingerprint density at radius 3 is 2.49 bits per heavy atom. The van der Waals surface area contributed by atoms with Crippen LogP contribution in [0.5, 0.6) is 11.5 Å². The molecule has 5 rings (SSSR count). The average molecular weight is 596 g/mol. The quantitative estimate of drug-likeness (QED) is 0.108. The maximum atomic E-state index is 13.4. The molecule has 14 nitrogen and oxygen atoms in total. The predicted octanol–water partition coefficient (Wildman–Crippen LogP) is -1.14. The Morgan fingerprint density at radius 2 is 1.81 bits per heavy atom. The highest BCUT2D eigenvalue weighted by Crippen LogP contribution is 2.43. The average Bonchev–Trinajstić information content (AvgIpc) is 2.99. The Balaban J connectivity index is 1.51. The van der Waals surface area contributed by atoms with E-state index in [-0.39, 0.29) is 52.7 Å². The number of guanidine groups is 1. The number of aliphatic hydroxyl groups is 3. The molecule has 14 heteroatoms. The Bertz CT molecular complexity index is 1520. The molecular formula is C29H33N5O9. The van der Waals surface area contributed by atoms with E-state index in [1.807, 2.05) is 6.08 Å². The van der Waals surface area contributed by atoms with Crippen LogP contribution in [0.2, 0.25) is 0 Å². The molecule has 1 saturated heterocycles. The standard InChI is InChI=1S/C29H33N5O9/c30-19-9-13(5-7-33-19)6-8-41-27-25(40)23(38)18(12-35)42-28(27)43-26-14(11-34-29(31)32)10-17-20(24(26)39)22(37)16-4-2-1-3-15(16)21(17)36/h1-5,9-10,18,23,25,27-28,33,35,38-40H,6-8,11-12,30H2,(H4,31,32,34)/t18-,23-,25+,27-,28+/m0/s1. The van der Waals surface area contributed by atoms with Crippen molar-refractivity contribution < 1.29 is 44.2 Å². The van der Waals surface area contributed by atoms with Gasteiger partial charge in [-0.05, 0) is 24.1 Å². The summed E-state index contributed by atoms with van der Waals surface area (Å²) in [6, 6.07) is 7.56. The van der Waals surface area contributed by atoms with Crippen molar-refractivity contribution in [3.8, 4) is 11.5 Å². The third-order valence-electron chi connectivity index (χ3n) is 7.42. The van der Waals surface area contributed by atoms with Crippen molar-refractivity contribution in [3.05, 3.63) is 81.7 Å². The molecule has 228 valence electrons. The second-order valence-corrected chi connectivity index (χ2v) is 10.3. The van der Waals surface area contributed by atoms with Gasteiger partial charge in [0.1, 0.15) is 24.4 Å². The Kier molecular flexibility index (Phi) is 8.66. The summed E-state index contributed by atoms with van der Waals surface area (Å²) in [6.07, 6.45) is -3.14. The Labute approximate surface area is 246 Å². The molecule has 0 spiro atoms. The van der Waals surface area contributed by atoms with Gasteiger partial charge >= 0.3 is 0 Å². The van der Waals surface area contributed by atoms with Crippen LogP contribution in [0.4, 0.5) is 0 Å². The SMILES string of the molecule is NC1=CC(CCO[C@@H]2[C@@H](Oc3c(CN=C(N)N)cc4c(c3O)C(=O)c3ccccc3C4=O)O[C@@H](CO)[C@H](O)[C@H]2O)=CCN1. The second-order valence-electron chi connectivity index (χ2n) is 10.3. The Hall–Kier alpha value is -4.47. The number of allylic oxidation sites excluding steroid dienone is 1. The zero-order chi connectivity index (χ0) is 30.8. The predicted molar refractivity (Wildman–Crippen MR) is 152 cm³/mol. The maximum Gasteiger partial charge on any atom is 0.229 e. The van der Waals surface area contributed by atoms with Crippen molar-refractivity contribution in [2.45, 2.75) is 43.7 Å². The molecule has 2 aliphatic heterocycles. The number of benzene rings is 2. The van der Waals surface area contributed by atoms with Crippen LogP contribution in [0.1, 0.15) is 43.8 Å². The lowest BCUT2D eigenvalue weighted by molar-refractivity contribution is -0.287. The number of hydrogen-bond donors (Lipinski definition) is 8. The Morgan fingerprint density at radius 1 is 1.09 bits per heavy atom. The molecule has 3 aliphatic rings. The maximum absolute atomic E-state index is 13.4. The lowest BCUT2D eigenvalue weighted by Crippen LogP contribution is -2.61. The van der Waals surface area contributed by atoms with E-state index in [0.717, 1.165) is 5.57 Å². The van der Waals surface area contributed by atoms with Gasteiger partial charge in [0, 0.05) is 28.8 Å². The molecule has 43 heavy (non-hydrogen) atoms. The summed E-state index contributed by atoms with van der Waals surface area (Å²) < 4.78 is 17.7. The minimum Gasteiger partial charge on any atom is -0.504 e. The number of aliphatic hydroxyl groups excluding tert-OH is 3. The van der Waals surface area contributed by atoms with Gasteiger partial charge in [0.25, 0.3) is 0 Å². The van der Waals surface area contributed by atoms with Crippen molar-refractivity contribution in [1.29, 1.82) is 0 Å². The van der Waals surface area contributed by atoms with Crippen LogP contribution in [0.25, 0.3) is 0 Å². The third-order valence-corrected chi connectivity index (χ3v) is 7.42. The molecule has 11 N–H and O–H groups in total. The fourth-order valence-electron chi connectivity index (χ4n) is 5.24. The minimum absolute atomic E-state index is 0.0534. The first-order valence-corrected chi connectivity index (χ1v) is 13.5. The van der Waals surface area contributed by atoms with Gasteiger partial charge in [0.2, 0.25) is 6.29 Å². The number of aliphatic imine (C=N–C) groups is 1. The van der Waals surface area contributed by atoms with Crippen LogP contribution in [-0.2, 0) is 16.0 Å². The van der Waals surface area contributed by atoms with Crippen molar-refractivity contribution >= 4 is 17.5 Å². The van der Waals surface area contributed by atoms with Crippen LogP contribution < -0.4 is 27.3 Å². The fourth-order valence-corrected chi connectivity index (χ4v) is 5.24. The zero-order valence-corrected chi connectivity index (χ0v) is 23.0. The summed E-state index contributed by atoms with van der Waals surface area (Å²) in [4.78, 5) is 30.8. The van der Waals surface area contributed by atoms with Gasteiger partial charge in [-0.2, -0.15) is 0 Å². The van der Waals surface area contributed by atoms with Gasteiger partial charge in [0.15, 0.2) is 29.0 Å². The van der Waals surface area contributed by atoms with E-state index in [0.29, 0.717) is 18.8 Å². The van der Waals surface area contributed by atoms with Gasteiger partial charge in [-0.1, -0.05) is 30.3 Å². The monoisotopic (exact) mass is 595 g/mol. The molecule has 0 aromatic heterocycles. The highest BCUT2D eigenvalue weighted by atomic mass is 16.7. The molecule has 2 aromatic carbocycles. The van der Waals surface area contributed by atoms with E-state index in [1.165, 1.54) is 18.2 Å². The van der Waals surface area contributed by atoms with Gasteiger partial charge in [-0.25, -0.2) is 4.99 Å². The number of nitrogens with zero attached hydrogens (tertiary/aromatic N) is 1. The topological polar surface area (TPSA) is 245 Å². The lowest BCUT2D eigenvalue weighted by atomic mass is 9.82. The smallest absolute Gasteiger partial charge is 0.229 e. The van der Waals surface area contributed by atoms with Gasteiger partial charge in [0.05, 0.1) is 31.1 Å². The number of ketones is 2. The number of phenols is 1. The summed E-state index contributed by atoms with van der Waals surface area (Å²) >= 11 is 0. The molecule has 1 fully saturated rings. The van der Waals surface area contributed by atoms with Gasteiger partial charge in [-0.15, -0.1) is 0 Å². The largest absolute Gasteiger partial charge is 0.504 e. The number of ether oxygens (including phenoxy) is 3. The number of phenolic OH excluding ortho intramolecular Hbond substituents is 1. The van der Waals surface area contributed by atoms with Crippen LogP contribution >= 0.6 is 0 Å². The number of carbonyl (C=O) groups is 2. The number of dihydropyridines is 1. The normalized spacial score (nSPS) is 24.7. The molecule has 0 unspecified atom stereocenters. The van der Waals surface area contributed by atoms with E-state index >= 15 is 0 Å².